The van der Waals surface area contributed by atoms with E-state index in [0.29, 0.717) is 21.4 Å². The summed E-state index contributed by atoms with van der Waals surface area (Å²) in [7, 11) is 0. The molecule has 8 heteroatoms. The number of hydrogen-bond donors (Lipinski definition) is 0. The molecule has 0 aromatic heterocycles. The van der Waals surface area contributed by atoms with Crippen LogP contribution in [0.2, 0.25) is 10.0 Å². The summed E-state index contributed by atoms with van der Waals surface area (Å²) in [6.45, 7) is 0.139. The molecule has 0 bridgehead atoms. The molecule has 0 radical (unpaired) electrons. The first-order valence-corrected chi connectivity index (χ1v) is 8.45. The van der Waals surface area contributed by atoms with Gasteiger partial charge in [0, 0.05) is 23.1 Å². The minimum Gasteiger partial charge on any atom is -0.303 e. The number of benzene rings is 2. The Morgan fingerprint density at radius 3 is 1.42 bits per heavy atom. The summed E-state index contributed by atoms with van der Waals surface area (Å²) in [5.41, 5.74) is 1.36. The van der Waals surface area contributed by atoms with Gasteiger partial charge in [-0.2, -0.15) is 0 Å². The third-order valence-electron chi connectivity index (χ3n) is 4.41. The van der Waals surface area contributed by atoms with E-state index in [9.17, 15) is 19.2 Å². The molecule has 0 spiro atoms. The Hall–Kier alpha value is -2.70. The topological polar surface area (TPSA) is 74.8 Å². The molecule has 6 nitrogen and oxygen atoms in total. The van der Waals surface area contributed by atoms with Crippen molar-refractivity contribution in [1.29, 1.82) is 0 Å². The highest BCUT2D eigenvalue weighted by molar-refractivity contribution is 6.53. The highest BCUT2D eigenvalue weighted by Gasteiger charge is 2.39. The Balaban J connectivity index is 1.61. The van der Waals surface area contributed by atoms with Crippen LogP contribution in [0.5, 0.6) is 0 Å². The number of halogens is 2. The van der Waals surface area contributed by atoms with Crippen molar-refractivity contribution >= 4 is 58.0 Å². The Morgan fingerprint density at radius 1 is 0.654 bits per heavy atom. The summed E-state index contributed by atoms with van der Waals surface area (Å²) in [6.07, 6.45) is 0. The van der Waals surface area contributed by atoms with E-state index in [2.05, 4.69) is 0 Å². The third kappa shape index (κ3) is 2.41. The average Bonchev–Trinajstić information content (AvgIpc) is 2.99. The van der Waals surface area contributed by atoms with Gasteiger partial charge in [0.05, 0.1) is 22.5 Å². The molecule has 4 rings (SSSR count). The van der Waals surface area contributed by atoms with Crippen molar-refractivity contribution in [1.82, 2.24) is 0 Å². The zero-order valence-electron chi connectivity index (χ0n) is 13.2. The monoisotopic (exact) mass is 388 g/mol. The smallest absolute Gasteiger partial charge is 0.299 e. The van der Waals surface area contributed by atoms with Crippen molar-refractivity contribution in [2.45, 2.75) is 0 Å². The van der Waals surface area contributed by atoms with Crippen molar-refractivity contribution < 1.29 is 19.2 Å². The van der Waals surface area contributed by atoms with Crippen molar-refractivity contribution in [2.75, 3.05) is 22.9 Å². The summed E-state index contributed by atoms with van der Waals surface area (Å²) < 4.78 is 0. The lowest BCUT2D eigenvalue weighted by molar-refractivity contribution is -0.115. The van der Waals surface area contributed by atoms with E-state index in [1.54, 1.807) is 24.3 Å². The number of ketones is 2. The molecule has 0 saturated heterocycles. The Morgan fingerprint density at radius 2 is 1.04 bits per heavy atom. The lowest BCUT2D eigenvalue weighted by Gasteiger charge is -2.22. The fourth-order valence-electron chi connectivity index (χ4n) is 3.19. The maximum Gasteiger partial charge on any atom is 0.299 e. The Kier molecular flexibility index (Phi) is 3.82. The molecule has 2 aliphatic rings. The van der Waals surface area contributed by atoms with E-state index in [-0.39, 0.29) is 24.2 Å². The van der Waals surface area contributed by atoms with Crippen molar-refractivity contribution in [3.05, 3.63) is 57.6 Å². The van der Waals surface area contributed by atoms with Crippen LogP contribution in [0.25, 0.3) is 0 Å². The van der Waals surface area contributed by atoms with E-state index in [1.807, 2.05) is 0 Å². The average molecular weight is 389 g/mol. The molecule has 0 N–H and O–H groups in total. The normalized spacial score (nSPS) is 15.8. The molecule has 0 fully saturated rings. The van der Waals surface area contributed by atoms with Gasteiger partial charge in [0.25, 0.3) is 23.4 Å². The molecule has 0 atom stereocenters. The first kappa shape index (κ1) is 16.8. The second-order valence-corrected chi connectivity index (χ2v) is 6.77. The number of carbonyl (C=O) groups is 4. The van der Waals surface area contributed by atoms with Gasteiger partial charge < -0.3 is 9.80 Å². The SMILES string of the molecule is O=C1C(=O)N(CCN2C(=O)C(=O)c3cc(Cl)ccc32)c2ccc(Cl)cc21. The van der Waals surface area contributed by atoms with Gasteiger partial charge >= 0.3 is 0 Å². The second kappa shape index (κ2) is 5.93. The molecule has 2 heterocycles. The molecule has 2 aliphatic heterocycles. The van der Waals surface area contributed by atoms with Crippen LogP contribution in [0, 0.1) is 0 Å². The van der Waals surface area contributed by atoms with Gasteiger partial charge in [-0.05, 0) is 36.4 Å². The van der Waals surface area contributed by atoms with Crippen LogP contribution in [0.15, 0.2) is 36.4 Å². The molecular formula is C18H10Cl2N2O4. The predicted octanol–water partition coefficient (Wildman–Crippen LogP) is 2.75. The minimum absolute atomic E-state index is 0.0697. The van der Waals surface area contributed by atoms with Crippen LogP contribution in [-0.2, 0) is 9.59 Å². The number of nitrogens with zero attached hydrogens (tertiary/aromatic N) is 2. The predicted molar refractivity (Wildman–Crippen MR) is 96.3 cm³/mol. The van der Waals surface area contributed by atoms with Crippen LogP contribution in [0.3, 0.4) is 0 Å². The van der Waals surface area contributed by atoms with Crippen molar-refractivity contribution in [3.63, 3.8) is 0 Å². The number of Topliss-reactive ketones (excluding diaryl/α,β-unsaturated/α-hetero) is 2. The van der Waals surface area contributed by atoms with E-state index in [4.69, 9.17) is 23.2 Å². The highest BCUT2D eigenvalue weighted by Crippen LogP contribution is 2.33. The van der Waals surface area contributed by atoms with E-state index in [1.165, 1.54) is 21.9 Å². The summed E-state index contributed by atoms with van der Waals surface area (Å²) >= 11 is 11.8. The number of amides is 2. The molecular weight excluding hydrogens is 379 g/mol. The van der Waals surface area contributed by atoms with Gasteiger partial charge in [-0.15, -0.1) is 0 Å². The third-order valence-corrected chi connectivity index (χ3v) is 4.88. The minimum atomic E-state index is -0.684. The number of anilines is 2. The van der Waals surface area contributed by atoms with Gasteiger partial charge in [0.1, 0.15) is 0 Å². The Bertz CT molecular complexity index is 937. The lowest BCUT2D eigenvalue weighted by Crippen LogP contribution is -2.40. The number of hydrogen-bond acceptors (Lipinski definition) is 4. The van der Waals surface area contributed by atoms with Crippen molar-refractivity contribution in [3.8, 4) is 0 Å². The van der Waals surface area contributed by atoms with E-state index in [0.717, 1.165) is 0 Å². The molecule has 2 amide bonds. The van der Waals surface area contributed by atoms with Gasteiger partial charge in [-0.1, -0.05) is 23.2 Å². The second-order valence-electron chi connectivity index (χ2n) is 5.89. The fourth-order valence-corrected chi connectivity index (χ4v) is 3.53. The van der Waals surface area contributed by atoms with Gasteiger partial charge in [0.15, 0.2) is 0 Å². The zero-order valence-corrected chi connectivity index (χ0v) is 14.7. The van der Waals surface area contributed by atoms with Crippen LogP contribution in [0.1, 0.15) is 20.7 Å². The molecule has 130 valence electrons. The zero-order chi connectivity index (χ0) is 18.6. The van der Waals surface area contributed by atoms with Crippen LogP contribution in [-0.4, -0.2) is 36.5 Å². The van der Waals surface area contributed by atoms with Crippen LogP contribution >= 0.6 is 23.2 Å². The maximum atomic E-state index is 12.3. The van der Waals surface area contributed by atoms with Crippen molar-refractivity contribution in [2.24, 2.45) is 0 Å². The summed E-state index contributed by atoms with van der Waals surface area (Å²) in [6, 6.07) is 9.23. The maximum absolute atomic E-state index is 12.3. The molecule has 0 aliphatic carbocycles. The lowest BCUT2D eigenvalue weighted by atomic mass is 10.1. The standard InChI is InChI=1S/C18H10Cl2N2O4/c19-9-1-3-13-11(7-9)15(23)17(25)21(13)5-6-22-14-4-2-10(20)8-12(14)16(24)18(22)26/h1-4,7-8H,5-6H2. The molecule has 2 aromatic rings. The van der Waals surface area contributed by atoms with E-state index < -0.39 is 23.4 Å². The summed E-state index contributed by atoms with van der Waals surface area (Å²) in [5.74, 6) is -2.65. The molecule has 0 saturated carbocycles. The largest absolute Gasteiger partial charge is 0.303 e. The van der Waals surface area contributed by atoms with Crippen LogP contribution in [0.4, 0.5) is 11.4 Å². The fraction of sp³-hybridized carbons (Fsp3) is 0.111. The highest BCUT2D eigenvalue weighted by atomic mass is 35.5. The number of carbonyl (C=O) groups excluding carboxylic acids is 4. The van der Waals surface area contributed by atoms with Gasteiger partial charge in [-0.3, -0.25) is 19.2 Å². The van der Waals surface area contributed by atoms with E-state index >= 15 is 0 Å². The first-order chi connectivity index (χ1) is 12.4. The Labute approximate surface area is 157 Å². The first-order valence-electron chi connectivity index (χ1n) is 7.70. The number of rotatable bonds is 3. The van der Waals surface area contributed by atoms with Crippen LogP contribution < -0.4 is 9.80 Å². The molecule has 2 aromatic carbocycles. The molecule has 26 heavy (non-hydrogen) atoms. The molecule has 0 unspecified atom stereocenters. The quantitative estimate of drug-likeness (QED) is 0.757. The number of fused-ring (bicyclic) bond motifs is 2. The summed E-state index contributed by atoms with van der Waals surface area (Å²) in [5, 5.41) is 0.718. The van der Waals surface area contributed by atoms with Gasteiger partial charge in [-0.25, -0.2) is 0 Å². The van der Waals surface area contributed by atoms with Gasteiger partial charge in [0.2, 0.25) is 0 Å². The summed E-state index contributed by atoms with van der Waals surface area (Å²) in [4.78, 5) is 51.3.